The van der Waals surface area contributed by atoms with E-state index in [2.05, 4.69) is 211 Å². The molecule has 0 amide bonds. The lowest BCUT2D eigenvalue weighted by Crippen LogP contribution is -2.00. The van der Waals surface area contributed by atoms with Gasteiger partial charge in [0.2, 0.25) is 0 Å². The molecule has 0 radical (unpaired) electrons. The van der Waals surface area contributed by atoms with Crippen molar-refractivity contribution in [3.05, 3.63) is 255 Å². The maximum atomic E-state index is 6.67. The number of benzene rings is 11. The molecule has 0 spiro atoms. The van der Waals surface area contributed by atoms with E-state index in [4.69, 9.17) is 23.8 Å². The Bertz CT molecular complexity index is 4690. The molecular weight excluding hydrogens is 917 g/mol. The highest BCUT2D eigenvalue weighted by Gasteiger charge is 2.21. The molecule has 6 nitrogen and oxygen atoms in total. The molecule has 0 atom stereocenters. The fourth-order valence-electron chi connectivity index (χ4n) is 11.0. The molecule has 0 bridgehead atoms. The van der Waals surface area contributed by atoms with E-state index in [0.717, 1.165) is 111 Å². The van der Waals surface area contributed by atoms with Crippen LogP contribution in [0.2, 0.25) is 0 Å². The summed E-state index contributed by atoms with van der Waals surface area (Å²) in [7, 11) is 0. The standard InChI is InChI=1S/C69H42N4O2/c1-4-15-43(16-5-1)45-27-29-47(30-28-45)68-70-67(46-19-8-3-9-20-46)71-69(72-68)52-40-57(66-56-24-11-13-26-62(56)75-65(66)41-52)51-22-14-21-48(37-51)50-32-36-63-59(39-50)55-34-33-53(42-64(55)74-63)73-60-25-12-10-23-54(60)58-38-49(31-35-61(58)73)44-17-6-2-7-18-44/h1-42H. The van der Waals surface area contributed by atoms with Crippen LogP contribution in [0.25, 0.3) is 150 Å². The Morgan fingerprint density at radius 2 is 0.760 bits per heavy atom. The molecule has 15 rings (SSSR count). The summed E-state index contributed by atoms with van der Waals surface area (Å²) in [5, 5.41) is 6.64. The van der Waals surface area contributed by atoms with Gasteiger partial charge in [-0.2, -0.15) is 0 Å². The van der Waals surface area contributed by atoms with Crippen LogP contribution in [0.15, 0.2) is 264 Å². The first-order valence-corrected chi connectivity index (χ1v) is 25.2. The Morgan fingerprint density at radius 1 is 0.253 bits per heavy atom. The van der Waals surface area contributed by atoms with Crippen LogP contribution in [-0.4, -0.2) is 19.5 Å². The predicted molar refractivity (Wildman–Crippen MR) is 307 cm³/mol. The van der Waals surface area contributed by atoms with Gasteiger partial charge in [-0.05, 0) is 111 Å². The van der Waals surface area contributed by atoms with Crippen molar-refractivity contribution in [3.8, 4) is 84.4 Å². The topological polar surface area (TPSA) is 69.9 Å². The third-order valence-corrected chi connectivity index (χ3v) is 14.7. The van der Waals surface area contributed by atoms with E-state index in [1.54, 1.807) is 0 Å². The molecule has 4 heterocycles. The summed E-state index contributed by atoms with van der Waals surface area (Å²) >= 11 is 0. The zero-order valence-electron chi connectivity index (χ0n) is 40.4. The van der Waals surface area contributed by atoms with Crippen molar-refractivity contribution in [2.24, 2.45) is 0 Å². The van der Waals surface area contributed by atoms with Gasteiger partial charge >= 0.3 is 0 Å². The SMILES string of the molecule is c1ccc(-c2ccc(-c3nc(-c4ccccc4)nc(-c4cc(-c5cccc(-c6ccc7oc8cc(-n9c%10ccccc%10c%10cc(-c%11ccccc%11)ccc%109)ccc8c7c6)c5)c5c(c4)oc4ccccc45)n3)cc2)cc1. The molecule has 0 saturated carbocycles. The zero-order valence-corrected chi connectivity index (χ0v) is 40.4. The average molecular weight is 959 g/mol. The Kier molecular flexibility index (Phi) is 9.78. The fourth-order valence-corrected chi connectivity index (χ4v) is 11.0. The first-order valence-electron chi connectivity index (χ1n) is 25.2. The van der Waals surface area contributed by atoms with Gasteiger partial charge in [-0.3, -0.25) is 0 Å². The lowest BCUT2D eigenvalue weighted by atomic mass is 9.94. The molecule has 0 unspecified atom stereocenters. The van der Waals surface area contributed by atoms with Gasteiger partial charge < -0.3 is 13.4 Å². The number of rotatable bonds is 8. The van der Waals surface area contributed by atoms with Gasteiger partial charge in [-0.1, -0.05) is 182 Å². The predicted octanol–water partition coefficient (Wildman–Crippen LogP) is 18.4. The quantitative estimate of drug-likeness (QED) is 0.152. The molecule has 11 aromatic carbocycles. The Morgan fingerprint density at radius 3 is 1.53 bits per heavy atom. The number of furan rings is 2. The minimum absolute atomic E-state index is 0.557. The van der Waals surface area contributed by atoms with Crippen LogP contribution >= 0.6 is 0 Å². The molecule has 6 heteroatoms. The van der Waals surface area contributed by atoms with Gasteiger partial charge in [-0.25, -0.2) is 15.0 Å². The summed E-state index contributed by atoms with van der Waals surface area (Å²) in [6.45, 7) is 0. The molecule has 0 aliphatic rings. The Labute approximate surface area is 431 Å². The number of fused-ring (bicyclic) bond motifs is 9. The van der Waals surface area contributed by atoms with Crippen molar-refractivity contribution in [1.29, 1.82) is 0 Å². The van der Waals surface area contributed by atoms with Crippen LogP contribution in [0.3, 0.4) is 0 Å². The second-order valence-corrected chi connectivity index (χ2v) is 19.1. The number of para-hydroxylation sites is 2. The summed E-state index contributed by atoms with van der Waals surface area (Å²) in [6.07, 6.45) is 0. The molecule has 15 aromatic rings. The number of hydrogen-bond acceptors (Lipinski definition) is 5. The summed E-state index contributed by atoms with van der Waals surface area (Å²) in [5.41, 5.74) is 18.2. The normalized spacial score (nSPS) is 11.7. The van der Waals surface area contributed by atoms with Gasteiger partial charge in [0.05, 0.1) is 11.0 Å². The first kappa shape index (κ1) is 42.5. The van der Waals surface area contributed by atoms with Crippen molar-refractivity contribution in [3.63, 3.8) is 0 Å². The van der Waals surface area contributed by atoms with Crippen molar-refractivity contribution < 1.29 is 8.83 Å². The average Bonchev–Trinajstić information content (AvgIpc) is 4.18. The van der Waals surface area contributed by atoms with Gasteiger partial charge in [-0.15, -0.1) is 0 Å². The van der Waals surface area contributed by atoms with E-state index in [1.165, 1.54) is 21.9 Å². The van der Waals surface area contributed by atoms with Crippen molar-refractivity contribution in [2.75, 3.05) is 0 Å². The van der Waals surface area contributed by atoms with Crippen LogP contribution in [0.5, 0.6) is 0 Å². The molecule has 350 valence electrons. The minimum Gasteiger partial charge on any atom is -0.456 e. The molecule has 0 aliphatic heterocycles. The summed E-state index contributed by atoms with van der Waals surface area (Å²) in [6, 6.07) is 89.3. The van der Waals surface area contributed by atoms with Gasteiger partial charge in [0.1, 0.15) is 22.3 Å². The zero-order chi connectivity index (χ0) is 49.4. The second kappa shape index (κ2) is 17.3. The maximum absolute atomic E-state index is 6.67. The highest BCUT2D eigenvalue weighted by molar-refractivity contribution is 6.14. The Hall–Kier alpha value is -10.2. The summed E-state index contributed by atoms with van der Waals surface area (Å²) < 4.78 is 15.7. The smallest absolute Gasteiger partial charge is 0.164 e. The van der Waals surface area contributed by atoms with E-state index in [0.29, 0.717) is 17.5 Å². The first-order chi connectivity index (χ1) is 37.1. The molecule has 0 saturated heterocycles. The van der Waals surface area contributed by atoms with Crippen LogP contribution in [0.1, 0.15) is 0 Å². The molecular formula is C69H42N4O2. The van der Waals surface area contributed by atoms with E-state index in [-0.39, 0.29) is 0 Å². The second-order valence-electron chi connectivity index (χ2n) is 19.1. The van der Waals surface area contributed by atoms with Gasteiger partial charge in [0.25, 0.3) is 0 Å². The molecule has 4 aromatic heterocycles. The Balaban J connectivity index is 0.830. The maximum Gasteiger partial charge on any atom is 0.164 e. The van der Waals surface area contributed by atoms with E-state index in [1.807, 2.05) is 48.5 Å². The molecule has 0 N–H and O–H groups in total. The van der Waals surface area contributed by atoms with Crippen LogP contribution in [0.4, 0.5) is 0 Å². The van der Waals surface area contributed by atoms with Crippen molar-refractivity contribution in [1.82, 2.24) is 19.5 Å². The highest BCUT2D eigenvalue weighted by Crippen LogP contribution is 2.43. The number of hydrogen-bond donors (Lipinski definition) is 0. The third kappa shape index (κ3) is 7.30. The lowest BCUT2D eigenvalue weighted by molar-refractivity contribution is 0.668. The fraction of sp³-hybridized carbons (Fsp3) is 0. The van der Waals surface area contributed by atoms with Crippen LogP contribution in [-0.2, 0) is 0 Å². The summed E-state index contributed by atoms with van der Waals surface area (Å²) in [4.78, 5) is 15.4. The third-order valence-electron chi connectivity index (χ3n) is 14.7. The lowest BCUT2D eigenvalue weighted by Gasteiger charge is -2.12. The monoisotopic (exact) mass is 958 g/mol. The van der Waals surface area contributed by atoms with Crippen molar-refractivity contribution >= 4 is 65.7 Å². The van der Waals surface area contributed by atoms with E-state index >= 15 is 0 Å². The van der Waals surface area contributed by atoms with Gasteiger partial charge in [0.15, 0.2) is 17.5 Å². The van der Waals surface area contributed by atoms with E-state index < -0.39 is 0 Å². The molecule has 0 aliphatic carbocycles. The highest BCUT2D eigenvalue weighted by atomic mass is 16.3. The minimum atomic E-state index is 0.557. The molecule has 0 fully saturated rings. The van der Waals surface area contributed by atoms with Crippen molar-refractivity contribution in [2.45, 2.75) is 0 Å². The molecule has 75 heavy (non-hydrogen) atoms. The summed E-state index contributed by atoms with van der Waals surface area (Å²) in [5.74, 6) is 1.75. The van der Waals surface area contributed by atoms with Gasteiger partial charge in [0, 0.05) is 60.8 Å². The van der Waals surface area contributed by atoms with Crippen LogP contribution in [0, 0.1) is 0 Å². The number of nitrogens with zero attached hydrogens (tertiary/aromatic N) is 4. The van der Waals surface area contributed by atoms with Crippen LogP contribution < -0.4 is 0 Å². The van der Waals surface area contributed by atoms with E-state index in [9.17, 15) is 0 Å². The largest absolute Gasteiger partial charge is 0.456 e. The number of aromatic nitrogens is 4.